The van der Waals surface area contributed by atoms with Crippen molar-refractivity contribution in [2.24, 2.45) is 5.73 Å². The third kappa shape index (κ3) is 7.24. The predicted octanol–water partition coefficient (Wildman–Crippen LogP) is 2.44. The van der Waals surface area contributed by atoms with Gasteiger partial charge in [0.15, 0.2) is 5.96 Å². The summed E-state index contributed by atoms with van der Waals surface area (Å²) >= 11 is 6.06. The Morgan fingerprint density at radius 3 is 2.67 bits per heavy atom. The van der Waals surface area contributed by atoms with Gasteiger partial charge in [0.1, 0.15) is 0 Å². The largest absolute Gasteiger partial charge is 0.379 e. The number of pyridine rings is 1. The number of rotatable bonds is 9. The first-order valence-corrected chi connectivity index (χ1v) is 9.06. The number of hydrogen-bond acceptors (Lipinski definition) is 4. The maximum Gasteiger partial charge on any atom is 0.324 e. The summed E-state index contributed by atoms with van der Waals surface area (Å²) in [5.74, 6) is -0.329. The van der Waals surface area contributed by atoms with Gasteiger partial charge in [0.05, 0.1) is 23.9 Å². The van der Waals surface area contributed by atoms with E-state index in [0.29, 0.717) is 36.9 Å². The molecule has 0 spiro atoms. The predicted molar refractivity (Wildman–Crippen MR) is 106 cm³/mol. The maximum atomic E-state index is 12.2. The van der Waals surface area contributed by atoms with Gasteiger partial charge in [-0.2, -0.15) is 0 Å². The zero-order valence-electron chi connectivity index (χ0n) is 15.0. The van der Waals surface area contributed by atoms with Crippen LogP contribution in [0.1, 0.15) is 11.3 Å². The zero-order valence-corrected chi connectivity index (χ0v) is 15.8. The number of benzene rings is 1. The molecule has 0 radical (unpaired) electrons. The molecule has 0 aliphatic rings. The number of guanidine groups is 1. The molecule has 4 N–H and O–H groups in total. The van der Waals surface area contributed by atoms with Gasteiger partial charge in [-0.05, 0) is 24.1 Å². The Kier molecular flexibility index (Phi) is 8.54. The van der Waals surface area contributed by atoms with Gasteiger partial charge in [-0.1, -0.05) is 41.9 Å². The van der Waals surface area contributed by atoms with E-state index in [1.54, 1.807) is 18.3 Å². The van der Waals surface area contributed by atoms with Crippen LogP contribution in [0.3, 0.4) is 0 Å². The summed E-state index contributed by atoms with van der Waals surface area (Å²) in [5.41, 5.74) is 7.38. The van der Waals surface area contributed by atoms with Crippen LogP contribution < -0.4 is 11.1 Å². The molecule has 0 aliphatic heterocycles. The smallest absolute Gasteiger partial charge is 0.324 e. The minimum absolute atomic E-state index is 0.215. The molecule has 1 aromatic heterocycles. The fourth-order valence-electron chi connectivity index (χ4n) is 2.41. The van der Waals surface area contributed by atoms with Gasteiger partial charge in [0, 0.05) is 25.7 Å². The molecule has 144 valence electrons. The van der Waals surface area contributed by atoms with E-state index in [1.165, 1.54) is 5.56 Å². The van der Waals surface area contributed by atoms with Crippen LogP contribution in [0.2, 0.25) is 5.02 Å². The number of carbonyl (C=O) groups is 1. The Morgan fingerprint density at radius 2 is 1.96 bits per heavy atom. The highest BCUT2D eigenvalue weighted by Gasteiger charge is 2.16. The van der Waals surface area contributed by atoms with Crippen molar-refractivity contribution in [2.45, 2.75) is 12.8 Å². The third-order valence-corrected chi connectivity index (χ3v) is 4.19. The van der Waals surface area contributed by atoms with Crippen molar-refractivity contribution in [1.29, 1.82) is 5.41 Å². The lowest BCUT2D eigenvalue weighted by atomic mass is 10.2. The lowest BCUT2D eigenvalue weighted by molar-refractivity contribution is 0.138. The molecule has 2 aromatic rings. The Morgan fingerprint density at radius 1 is 1.19 bits per heavy atom. The summed E-state index contributed by atoms with van der Waals surface area (Å²) in [6.45, 7) is 1.51. The van der Waals surface area contributed by atoms with Crippen LogP contribution in [-0.4, -0.2) is 48.2 Å². The number of halogens is 1. The van der Waals surface area contributed by atoms with Crippen LogP contribution in [0.25, 0.3) is 0 Å². The van der Waals surface area contributed by atoms with E-state index in [-0.39, 0.29) is 12.5 Å². The molecule has 27 heavy (non-hydrogen) atoms. The standard InChI is InChI=1S/C19H24ClN5O2/c20-16-7-4-10-23-17(16)8-12-25(18(21)22)19(26)24-11-14-27-13-9-15-5-2-1-3-6-15/h1-7,10H,8-9,11-14H2,(H3,21,22)(H,24,26). The van der Waals surface area contributed by atoms with Gasteiger partial charge in [0.2, 0.25) is 0 Å². The number of aromatic nitrogens is 1. The molecule has 8 heteroatoms. The van der Waals surface area contributed by atoms with Crippen molar-refractivity contribution in [1.82, 2.24) is 15.2 Å². The molecule has 1 heterocycles. The van der Waals surface area contributed by atoms with Crippen LogP contribution in [-0.2, 0) is 17.6 Å². The van der Waals surface area contributed by atoms with Gasteiger partial charge in [0.25, 0.3) is 0 Å². The molecule has 0 aliphatic carbocycles. The van der Waals surface area contributed by atoms with Crippen molar-refractivity contribution in [3.05, 3.63) is 64.9 Å². The summed E-state index contributed by atoms with van der Waals surface area (Å²) in [5, 5.41) is 10.8. The van der Waals surface area contributed by atoms with E-state index in [1.807, 2.05) is 30.3 Å². The number of urea groups is 1. The van der Waals surface area contributed by atoms with Gasteiger partial charge in [-0.25, -0.2) is 4.79 Å². The number of hydrogen-bond donors (Lipinski definition) is 3. The Bertz CT molecular complexity index is 742. The highest BCUT2D eigenvalue weighted by Crippen LogP contribution is 2.12. The molecule has 0 saturated heterocycles. The molecule has 2 amide bonds. The summed E-state index contributed by atoms with van der Waals surface area (Å²) in [7, 11) is 0. The monoisotopic (exact) mass is 389 g/mol. The van der Waals surface area contributed by atoms with Crippen molar-refractivity contribution in [3.63, 3.8) is 0 Å². The third-order valence-electron chi connectivity index (χ3n) is 3.84. The molecule has 0 unspecified atom stereocenters. The number of nitrogens with two attached hydrogens (primary N) is 1. The summed E-state index contributed by atoms with van der Waals surface area (Å²) in [6, 6.07) is 13.1. The highest BCUT2D eigenvalue weighted by atomic mass is 35.5. The number of carbonyl (C=O) groups excluding carboxylic acids is 1. The molecule has 0 atom stereocenters. The van der Waals surface area contributed by atoms with Gasteiger partial charge < -0.3 is 15.8 Å². The Labute approximate surface area is 164 Å². The fraction of sp³-hybridized carbons (Fsp3) is 0.316. The van der Waals surface area contributed by atoms with Gasteiger partial charge in [-0.3, -0.25) is 15.3 Å². The van der Waals surface area contributed by atoms with E-state index in [4.69, 9.17) is 27.5 Å². The molecule has 0 saturated carbocycles. The van der Waals surface area contributed by atoms with Crippen molar-refractivity contribution in [2.75, 3.05) is 26.3 Å². The SMILES string of the molecule is N=C(N)N(CCc1ncccc1Cl)C(=O)NCCOCCc1ccccc1. The van der Waals surface area contributed by atoms with Crippen LogP contribution in [0.15, 0.2) is 48.7 Å². The van der Waals surface area contributed by atoms with Crippen molar-refractivity contribution in [3.8, 4) is 0 Å². The second-order valence-corrected chi connectivity index (χ2v) is 6.21. The first-order valence-electron chi connectivity index (χ1n) is 8.68. The van der Waals surface area contributed by atoms with Crippen LogP contribution in [0, 0.1) is 5.41 Å². The van der Waals surface area contributed by atoms with E-state index in [9.17, 15) is 4.79 Å². The summed E-state index contributed by atoms with van der Waals surface area (Å²) in [4.78, 5) is 17.5. The number of nitrogens with zero attached hydrogens (tertiary/aromatic N) is 2. The average molecular weight is 390 g/mol. The Balaban J connectivity index is 1.68. The first-order chi connectivity index (χ1) is 13.1. The number of ether oxygens (including phenoxy) is 1. The molecular formula is C19H24ClN5O2. The second kappa shape index (κ2) is 11.2. The van der Waals surface area contributed by atoms with Gasteiger partial charge >= 0.3 is 6.03 Å². The molecule has 0 bridgehead atoms. The lowest BCUT2D eigenvalue weighted by Gasteiger charge is -2.21. The molecule has 1 aromatic carbocycles. The van der Waals surface area contributed by atoms with Gasteiger partial charge in [-0.15, -0.1) is 0 Å². The Hall–Kier alpha value is -2.64. The maximum absolute atomic E-state index is 12.2. The van der Waals surface area contributed by atoms with Crippen LogP contribution in [0.4, 0.5) is 4.79 Å². The normalized spacial score (nSPS) is 10.4. The molecule has 0 fully saturated rings. The second-order valence-electron chi connectivity index (χ2n) is 5.80. The van der Waals surface area contributed by atoms with Crippen LogP contribution >= 0.6 is 11.6 Å². The first kappa shape index (κ1) is 20.7. The van der Waals surface area contributed by atoms with Crippen molar-refractivity contribution >= 4 is 23.6 Å². The number of nitrogens with one attached hydrogen (secondary N) is 2. The molecule has 7 nitrogen and oxygen atoms in total. The lowest BCUT2D eigenvalue weighted by Crippen LogP contribution is -2.48. The highest BCUT2D eigenvalue weighted by molar-refractivity contribution is 6.31. The summed E-state index contributed by atoms with van der Waals surface area (Å²) < 4.78 is 5.53. The topological polar surface area (TPSA) is 104 Å². The quantitative estimate of drug-likeness (QED) is 0.348. The van der Waals surface area contributed by atoms with E-state index >= 15 is 0 Å². The van der Waals surface area contributed by atoms with E-state index in [2.05, 4.69) is 10.3 Å². The zero-order chi connectivity index (χ0) is 19.5. The minimum atomic E-state index is -0.443. The van der Waals surface area contributed by atoms with Crippen LogP contribution in [0.5, 0.6) is 0 Å². The average Bonchev–Trinajstić information content (AvgIpc) is 2.66. The minimum Gasteiger partial charge on any atom is -0.379 e. The number of amides is 2. The van der Waals surface area contributed by atoms with E-state index < -0.39 is 6.03 Å². The van der Waals surface area contributed by atoms with E-state index in [0.717, 1.165) is 11.3 Å². The summed E-state index contributed by atoms with van der Waals surface area (Å²) in [6.07, 6.45) is 2.85. The van der Waals surface area contributed by atoms with Crippen molar-refractivity contribution < 1.29 is 9.53 Å². The molecule has 2 rings (SSSR count). The fourth-order valence-corrected chi connectivity index (χ4v) is 2.63. The molecular weight excluding hydrogens is 366 g/mol.